The number of anilines is 3. The van der Waals surface area contributed by atoms with Crippen molar-refractivity contribution in [3.05, 3.63) is 60.4 Å². The third-order valence-electron chi connectivity index (χ3n) is 7.58. The summed E-state index contributed by atoms with van der Waals surface area (Å²) in [6.07, 6.45) is 7.95. The number of nitrogens with one attached hydrogen (secondary N) is 2. The molecule has 2 aliphatic rings. The topological polar surface area (TPSA) is 153 Å². The van der Waals surface area contributed by atoms with Crippen molar-refractivity contribution in [2.45, 2.75) is 75.1 Å². The quantitative estimate of drug-likeness (QED) is 0.240. The third kappa shape index (κ3) is 7.60. The van der Waals surface area contributed by atoms with Gasteiger partial charge in [-0.1, -0.05) is 11.8 Å². The van der Waals surface area contributed by atoms with Crippen LogP contribution in [0, 0.1) is 11.8 Å². The van der Waals surface area contributed by atoms with E-state index in [4.69, 9.17) is 0 Å². The first kappa shape index (κ1) is 30.5. The second kappa shape index (κ2) is 11.8. The number of rotatable bonds is 8. The molecule has 2 fully saturated rings. The Labute approximate surface area is 257 Å². The number of hydrogen-bond donors (Lipinski definition) is 3. The minimum absolute atomic E-state index is 0.0599. The smallest absolute Gasteiger partial charge is 0.390 e. The van der Waals surface area contributed by atoms with E-state index in [1.54, 1.807) is 18.3 Å². The van der Waals surface area contributed by atoms with Crippen molar-refractivity contribution < 1.29 is 26.7 Å². The molecule has 12 nitrogen and oxygen atoms in total. The molecule has 0 spiro atoms. The van der Waals surface area contributed by atoms with Gasteiger partial charge in [0, 0.05) is 30.7 Å². The van der Waals surface area contributed by atoms with Crippen LogP contribution in [0.25, 0.3) is 11.4 Å². The number of aliphatic hydroxyl groups is 1. The van der Waals surface area contributed by atoms with Gasteiger partial charge in [0.25, 0.3) is 10.0 Å². The van der Waals surface area contributed by atoms with Crippen LogP contribution in [0.3, 0.4) is 0 Å². The molecule has 0 saturated heterocycles. The second-order valence-electron chi connectivity index (χ2n) is 11.6. The number of halogens is 3. The summed E-state index contributed by atoms with van der Waals surface area (Å²) in [5.74, 6) is 6.96. The van der Waals surface area contributed by atoms with Crippen molar-refractivity contribution in [3.63, 3.8) is 0 Å². The lowest BCUT2D eigenvalue weighted by atomic mass is 9.83. The zero-order valence-corrected chi connectivity index (χ0v) is 25.0. The molecule has 4 heterocycles. The Kier molecular flexibility index (Phi) is 8.00. The molecule has 2 saturated carbocycles. The van der Waals surface area contributed by atoms with Crippen LogP contribution >= 0.6 is 0 Å². The van der Waals surface area contributed by atoms with Crippen LogP contribution in [-0.2, 0) is 16.6 Å². The van der Waals surface area contributed by atoms with Crippen molar-refractivity contribution in [3.8, 4) is 23.2 Å². The van der Waals surface area contributed by atoms with Gasteiger partial charge in [0.2, 0.25) is 0 Å². The summed E-state index contributed by atoms with van der Waals surface area (Å²) in [5, 5.41) is 24.3. The van der Waals surface area contributed by atoms with Gasteiger partial charge in [-0.05, 0) is 51.5 Å². The zero-order chi connectivity index (χ0) is 31.8. The number of alkyl halides is 3. The maximum Gasteiger partial charge on any atom is 0.408 e. The molecule has 0 unspecified atom stereocenters. The molecule has 0 radical (unpaired) electrons. The molecule has 4 aromatic rings. The Hall–Kier alpha value is -4.49. The molecule has 0 aromatic carbocycles. The molecule has 6 rings (SSSR count). The van der Waals surface area contributed by atoms with E-state index < -0.39 is 33.6 Å². The van der Waals surface area contributed by atoms with Crippen molar-refractivity contribution in [2.24, 2.45) is 0 Å². The largest absolute Gasteiger partial charge is 0.408 e. The first-order valence-electron chi connectivity index (χ1n) is 14.3. The number of pyridine rings is 1. The molecule has 4 aromatic heterocycles. The summed E-state index contributed by atoms with van der Waals surface area (Å²) in [6.45, 7) is 0.613. The van der Waals surface area contributed by atoms with Gasteiger partial charge in [-0.3, -0.25) is 4.68 Å². The summed E-state index contributed by atoms with van der Waals surface area (Å²) < 4.78 is 65.0. The van der Waals surface area contributed by atoms with Crippen molar-refractivity contribution in [1.29, 1.82) is 0 Å². The fourth-order valence-electron chi connectivity index (χ4n) is 4.96. The second-order valence-corrected chi connectivity index (χ2v) is 13.6. The molecule has 0 atom stereocenters. The maximum absolute atomic E-state index is 12.7. The van der Waals surface area contributed by atoms with Gasteiger partial charge in [0.15, 0.2) is 5.82 Å². The number of hydrogen-bond acceptors (Lipinski definition) is 10. The van der Waals surface area contributed by atoms with Crippen LogP contribution in [0.5, 0.6) is 0 Å². The van der Waals surface area contributed by atoms with Gasteiger partial charge < -0.3 is 15.7 Å². The highest BCUT2D eigenvalue weighted by molar-refractivity contribution is 7.90. The van der Waals surface area contributed by atoms with Crippen LogP contribution in [0.1, 0.15) is 56.6 Å². The molecular weight excluding hydrogens is 611 g/mol. The van der Waals surface area contributed by atoms with E-state index in [-0.39, 0.29) is 11.9 Å². The fourth-order valence-corrected chi connectivity index (χ4v) is 6.44. The SMILES string of the molecule is C[C@]1(O)CC[C@@H](Nc2cc(Nc3ccnc(-c4cnn(S(=O)(=O)C5CC5)c4)n3)ncc2C#Cc2cnn(CC(F)(F)F)c2)CC1. The van der Waals surface area contributed by atoms with E-state index in [0.717, 1.165) is 21.6 Å². The van der Waals surface area contributed by atoms with Gasteiger partial charge in [0.1, 0.15) is 18.2 Å². The monoisotopic (exact) mass is 641 g/mol. The van der Waals surface area contributed by atoms with E-state index in [2.05, 4.69) is 47.6 Å². The fraction of sp³-hybridized carbons (Fsp3) is 0.414. The average Bonchev–Trinajstić information content (AvgIpc) is 3.56. The van der Waals surface area contributed by atoms with E-state index in [1.807, 2.05) is 6.92 Å². The Morgan fingerprint density at radius 1 is 1.04 bits per heavy atom. The molecule has 16 heteroatoms. The van der Waals surface area contributed by atoms with Gasteiger partial charge >= 0.3 is 6.18 Å². The minimum atomic E-state index is -4.39. The Bertz CT molecular complexity index is 1860. The predicted molar refractivity (Wildman–Crippen MR) is 159 cm³/mol. The van der Waals surface area contributed by atoms with Crippen molar-refractivity contribution in [2.75, 3.05) is 10.6 Å². The highest BCUT2D eigenvalue weighted by atomic mass is 32.2. The first-order valence-corrected chi connectivity index (χ1v) is 15.8. The van der Waals surface area contributed by atoms with E-state index in [1.165, 1.54) is 31.0 Å². The average molecular weight is 642 g/mol. The zero-order valence-electron chi connectivity index (χ0n) is 24.2. The Balaban J connectivity index is 1.23. The Morgan fingerprint density at radius 2 is 1.82 bits per heavy atom. The number of nitrogens with zero attached hydrogens (tertiary/aromatic N) is 7. The normalized spacial score (nSPS) is 20.3. The number of aromatic nitrogens is 7. The summed E-state index contributed by atoms with van der Waals surface area (Å²) >= 11 is 0. The molecular formula is C29H30F3N9O3S. The summed E-state index contributed by atoms with van der Waals surface area (Å²) in [5.41, 5.74) is 1.22. The van der Waals surface area contributed by atoms with Crippen LogP contribution in [0.2, 0.25) is 0 Å². The molecule has 0 aliphatic heterocycles. The van der Waals surface area contributed by atoms with E-state index >= 15 is 0 Å². The molecule has 236 valence electrons. The molecule has 3 N–H and O–H groups in total. The first-order chi connectivity index (χ1) is 21.3. The van der Waals surface area contributed by atoms with Crippen LogP contribution in [0.4, 0.5) is 30.5 Å². The summed E-state index contributed by atoms with van der Waals surface area (Å²) in [7, 11) is -3.53. The lowest BCUT2D eigenvalue weighted by Crippen LogP contribution is -2.35. The third-order valence-corrected chi connectivity index (χ3v) is 9.61. The van der Waals surface area contributed by atoms with Crippen LogP contribution in [-0.4, -0.2) is 70.5 Å². The highest BCUT2D eigenvalue weighted by Gasteiger charge is 2.37. The van der Waals surface area contributed by atoms with Crippen molar-refractivity contribution >= 4 is 27.3 Å². The van der Waals surface area contributed by atoms with Crippen molar-refractivity contribution in [1.82, 2.24) is 33.9 Å². The molecule has 45 heavy (non-hydrogen) atoms. The van der Waals surface area contributed by atoms with E-state index in [0.29, 0.717) is 59.7 Å². The van der Waals surface area contributed by atoms with Gasteiger partial charge in [0.05, 0.1) is 51.8 Å². The van der Waals surface area contributed by atoms with Gasteiger partial charge in [-0.15, -0.1) is 0 Å². The maximum atomic E-state index is 12.7. The standard InChI is InChI=1S/C29H30F3N9O3S/c1-28(42)9-6-22(7-10-28)37-24-12-26(34-14-20(24)3-2-19-13-35-40(16-19)18-29(30,31)32)38-25-8-11-33-27(39-25)21-15-36-41(17-21)45(43,44)23-4-5-23/h8,11-17,22-23,42H,4-7,9-10,18H2,1H3,(H2,33,34,37,38,39)/t22-,28+. The molecule has 0 bridgehead atoms. The molecule has 0 amide bonds. The van der Waals surface area contributed by atoms with Gasteiger partial charge in [-0.2, -0.15) is 27.5 Å². The predicted octanol–water partition coefficient (Wildman–Crippen LogP) is 4.08. The summed E-state index contributed by atoms with van der Waals surface area (Å²) in [4.78, 5) is 13.2. The lowest BCUT2D eigenvalue weighted by Gasteiger charge is -2.34. The molecule has 2 aliphatic carbocycles. The van der Waals surface area contributed by atoms with Gasteiger partial charge in [-0.25, -0.2) is 23.4 Å². The van der Waals surface area contributed by atoms with E-state index in [9.17, 15) is 26.7 Å². The van der Waals surface area contributed by atoms with Crippen LogP contribution in [0.15, 0.2) is 49.3 Å². The lowest BCUT2D eigenvalue weighted by molar-refractivity contribution is -0.142. The Morgan fingerprint density at radius 3 is 2.56 bits per heavy atom. The minimum Gasteiger partial charge on any atom is -0.390 e. The summed E-state index contributed by atoms with van der Waals surface area (Å²) in [6, 6.07) is 3.45. The highest BCUT2D eigenvalue weighted by Crippen LogP contribution is 2.32. The van der Waals surface area contributed by atoms with Crippen LogP contribution < -0.4 is 10.6 Å².